The van der Waals surface area contributed by atoms with Crippen molar-refractivity contribution in [2.45, 2.75) is 9.79 Å². The third-order valence-electron chi connectivity index (χ3n) is 2.36. The average molecular weight is 292 g/mol. The zero-order valence-corrected chi connectivity index (χ0v) is 10.7. The smallest absolute Gasteiger partial charge is 0.258 e. The van der Waals surface area contributed by atoms with E-state index in [4.69, 9.17) is 5.26 Å². The molecule has 0 atom stereocenters. The van der Waals surface area contributed by atoms with Gasteiger partial charge in [0.15, 0.2) is 0 Å². The molecular weight excluding hydrogens is 286 g/mol. The van der Waals surface area contributed by atoms with E-state index in [0.29, 0.717) is 9.79 Å². The van der Waals surface area contributed by atoms with Crippen LogP contribution in [0.4, 0.5) is 14.5 Å². The molecule has 7 heteroatoms. The van der Waals surface area contributed by atoms with Crippen molar-refractivity contribution in [1.29, 1.82) is 5.26 Å². The van der Waals surface area contributed by atoms with Crippen LogP contribution in [0.2, 0.25) is 0 Å². The Bertz CT molecular complexity index is 709. The first-order chi connectivity index (χ1) is 9.49. The molecule has 0 radical (unpaired) electrons. The quantitative estimate of drug-likeness (QED) is 0.635. The lowest BCUT2D eigenvalue weighted by molar-refractivity contribution is -0.385. The van der Waals surface area contributed by atoms with Gasteiger partial charge in [-0.2, -0.15) is 5.26 Å². The molecule has 0 unspecified atom stereocenters. The second-order valence-corrected chi connectivity index (χ2v) is 4.90. The van der Waals surface area contributed by atoms with Crippen LogP contribution in [0.1, 0.15) is 5.56 Å². The number of hydrogen-bond acceptors (Lipinski definition) is 4. The van der Waals surface area contributed by atoms with Gasteiger partial charge in [0, 0.05) is 21.9 Å². The Morgan fingerprint density at radius 3 is 2.30 bits per heavy atom. The molecular formula is C13H6F2N2O2S. The van der Waals surface area contributed by atoms with Gasteiger partial charge in [-0.05, 0) is 24.3 Å². The minimum atomic E-state index is -0.713. The third kappa shape index (κ3) is 3.10. The minimum Gasteiger partial charge on any atom is -0.258 e. The van der Waals surface area contributed by atoms with E-state index >= 15 is 0 Å². The predicted molar refractivity (Wildman–Crippen MR) is 68.3 cm³/mol. The number of nitriles is 1. The number of nitro groups is 1. The summed E-state index contributed by atoms with van der Waals surface area (Å²) in [7, 11) is 0. The summed E-state index contributed by atoms with van der Waals surface area (Å²) >= 11 is 1.01. The second-order valence-electron chi connectivity index (χ2n) is 3.76. The molecule has 2 aromatic carbocycles. The summed E-state index contributed by atoms with van der Waals surface area (Å²) in [5.41, 5.74) is -0.404. The van der Waals surface area contributed by atoms with Crippen LogP contribution in [-0.2, 0) is 0 Å². The Hall–Kier alpha value is -2.46. The molecule has 0 saturated heterocycles. The summed E-state index contributed by atoms with van der Waals surface area (Å²) in [5, 5.41) is 19.6. The first kappa shape index (κ1) is 14.0. The van der Waals surface area contributed by atoms with Gasteiger partial charge in [0.1, 0.15) is 23.3 Å². The number of benzene rings is 2. The molecule has 0 aliphatic carbocycles. The maximum Gasteiger partial charge on any atom is 0.287 e. The molecule has 20 heavy (non-hydrogen) atoms. The zero-order chi connectivity index (χ0) is 14.7. The van der Waals surface area contributed by atoms with E-state index in [1.54, 1.807) is 6.07 Å². The number of nitro benzene ring substituents is 1. The maximum absolute atomic E-state index is 13.1. The van der Waals surface area contributed by atoms with Gasteiger partial charge in [-0.3, -0.25) is 10.1 Å². The number of halogens is 2. The Labute approximate surface area is 116 Å². The van der Waals surface area contributed by atoms with Gasteiger partial charge in [-0.1, -0.05) is 11.8 Å². The molecule has 0 heterocycles. The van der Waals surface area contributed by atoms with Crippen molar-refractivity contribution in [3.8, 4) is 6.07 Å². The summed E-state index contributed by atoms with van der Waals surface area (Å²) in [6.07, 6.45) is 0. The van der Waals surface area contributed by atoms with E-state index in [1.165, 1.54) is 18.2 Å². The molecule has 0 aliphatic heterocycles. The summed E-state index contributed by atoms with van der Waals surface area (Å²) in [4.78, 5) is 10.8. The van der Waals surface area contributed by atoms with E-state index in [1.807, 2.05) is 0 Å². The summed E-state index contributed by atoms with van der Waals surface area (Å²) in [5.74, 6) is -1.43. The molecule has 0 bridgehead atoms. The average Bonchev–Trinajstić information content (AvgIpc) is 2.37. The SMILES string of the molecule is N#Cc1cc(Sc2cc(F)cc(F)c2)ccc1[N+](=O)[O-]. The topological polar surface area (TPSA) is 66.9 Å². The highest BCUT2D eigenvalue weighted by Gasteiger charge is 2.14. The van der Waals surface area contributed by atoms with Crippen LogP contribution in [0, 0.1) is 33.1 Å². The number of rotatable bonds is 3. The van der Waals surface area contributed by atoms with Gasteiger partial charge in [0.25, 0.3) is 5.69 Å². The van der Waals surface area contributed by atoms with Crippen LogP contribution in [-0.4, -0.2) is 4.92 Å². The van der Waals surface area contributed by atoms with Gasteiger partial charge < -0.3 is 0 Å². The highest BCUT2D eigenvalue weighted by molar-refractivity contribution is 7.99. The maximum atomic E-state index is 13.1. The van der Waals surface area contributed by atoms with E-state index in [9.17, 15) is 18.9 Å². The van der Waals surface area contributed by atoms with Crippen molar-refractivity contribution < 1.29 is 13.7 Å². The highest BCUT2D eigenvalue weighted by Crippen LogP contribution is 2.31. The first-order valence-electron chi connectivity index (χ1n) is 5.32. The molecule has 2 aromatic rings. The fourth-order valence-electron chi connectivity index (χ4n) is 1.55. The summed E-state index contributed by atoms with van der Waals surface area (Å²) in [6, 6.07) is 8.68. The van der Waals surface area contributed by atoms with E-state index in [-0.39, 0.29) is 11.3 Å². The first-order valence-corrected chi connectivity index (χ1v) is 6.14. The normalized spacial score (nSPS) is 10.1. The van der Waals surface area contributed by atoms with Gasteiger partial charge >= 0.3 is 0 Å². The molecule has 0 amide bonds. The van der Waals surface area contributed by atoms with Gasteiger partial charge in [0.2, 0.25) is 0 Å². The highest BCUT2D eigenvalue weighted by atomic mass is 32.2. The molecule has 0 N–H and O–H groups in total. The Morgan fingerprint density at radius 2 is 1.75 bits per heavy atom. The Kier molecular flexibility index (Phi) is 3.96. The third-order valence-corrected chi connectivity index (χ3v) is 3.32. The van der Waals surface area contributed by atoms with Crippen molar-refractivity contribution >= 4 is 17.4 Å². The van der Waals surface area contributed by atoms with E-state index in [2.05, 4.69) is 0 Å². The minimum absolute atomic E-state index is 0.100. The monoisotopic (exact) mass is 292 g/mol. The Morgan fingerprint density at radius 1 is 1.10 bits per heavy atom. The lowest BCUT2D eigenvalue weighted by Crippen LogP contribution is -1.92. The number of nitrogens with zero attached hydrogens (tertiary/aromatic N) is 2. The lowest BCUT2D eigenvalue weighted by Gasteiger charge is -2.03. The van der Waals surface area contributed by atoms with Crippen molar-refractivity contribution in [1.82, 2.24) is 0 Å². The van der Waals surface area contributed by atoms with Crippen LogP contribution < -0.4 is 0 Å². The standard InChI is InChI=1S/C13H6F2N2O2S/c14-9-4-10(15)6-12(5-9)20-11-1-2-13(17(18)19)8(3-11)7-16/h1-6H. The number of hydrogen-bond donors (Lipinski definition) is 0. The zero-order valence-electron chi connectivity index (χ0n) is 9.84. The summed E-state index contributed by atoms with van der Waals surface area (Å²) in [6.45, 7) is 0. The molecule has 0 fully saturated rings. The van der Waals surface area contributed by atoms with Crippen LogP contribution in [0.3, 0.4) is 0 Å². The molecule has 0 saturated carbocycles. The molecule has 4 nitrogen and oxygen atoms in total. The lowest BCUT2D eigenvalue weighted by atomic mass is 10.2. The van der Waals surface area contributed by atoms with Gasteiger partial charge in [0.05, 0.1) is 4.92 Å². The fraction of sp³-hybridized carbons (Fsp3) is 0. The van der Waals surface area contributed by atoms with Crippen molar-refractivity contribution in [2.24, 2.45) is 0 Å². The fourth-order valence-corrected chi connectivity index (χ4v) is 2.48. The van der Waals surface area contributed by atoms with Gasteiger partial charge in [-0.15, -0.1) is 0 Å². The van der Waals surface area contributed by atoms with Gasteiger partial charge in [-0.25, -0.2) is 8.78 Å². The largest absolute Gasteiger partial charge is 0.287 e. The summed E-state index contributed by atoms with van der Waals surface area (Å²) < 4.78 is 26.1. The molecule has 0 aromatic heterocycles. The van der Waals surface area contributed by atoms with Crippen LogP contribution in [0.5, 0.6) is 0 Å². The van der Waals surface area contributed by atoms with E-state index in [0.717, 1.165) is 30.0 Å². The predicted octanol–water partition coefficient (Wildman–Crippen LogP) is 3.90. The Balaban J connectivity index is 2.35. The molecule has 2 rings (SSSR count). The van der Waals surface area contributed by atoms with Crippen LogP contribution in [0.25, 0.3) is 0 Å². The molecule has 0 spiro atoms. The second kappa shape index (κ2) is 5.67. The van der Waals surface area contributed by atoms with E-state index < -0.39 is 16.6 Å². The van der Waals surface area contributed by atoms with Crippen LogP contribution >= 0.6 is 11.8 Å². The van der Waals surface area contributed by atoms with Crippen molar-refractivity contribution in [2.75, 3.05) is 0 Å². The van der Waals surface area contributed by atoms with Crippen molar-refractivity contribution in [3.05, 3.63) is 63.7 Å². The van der Waals surface area contributed by atoms with Crippen molar-refractivity contribution in [3.63, 3.8) is 0 Å². The molecule has 0 aliphatic rings. The molecule has 100 valence electrons. The van der Waals surface area contributed by atoms with Crippen LogP contribution in [0.15, 0.2) is 46.2 Å².